The van der Waals surface area contributed by atoms with E-state index in [2.05, 4.69) is 71.1 Å². The number of aliphatic hydroxyl groups is 1. The minimum absolute atomic E-state index is 0.0276. The van der Waals surface area contributed by atoms with E-state index in [0.717, 1.165) is 34.9 Å². The van der Waals surface area contributed by atoms with Gasteiger partial charge >= 0.3 is 0 Å². The van der Waals surface area contributed by atoms with Crippen LogP contribution in [-0.2, 0) is 32.9 Å². The number of anilines is 3. The van der Waals surface area contributed by atoms with Crippen LogP contribution in [0.3, 0.4) is 0 Å². The number of methoxy groups -OCH3 is 1. The number of carbonyl (C=O) groups is 3. The second-order valence-corrected chi connectivity index (χ2v) is 24.1. The second kappa shape index (κ2) is 18.4. The molecule has 4 heterocycles. The lowest BCUT2D eigenvalue weighted by Crippen LogP contribution is -2.52. The van der Waals surface area contributed by atoms with E-state index in [0.29, 0.717) is 59.2 Å². The first kappa shape index (κ1) is 45.9. The number of nitrogens with zero attached hydrogens (tertiary/aromatic N) is 3. The molecule has 1 fully saturated rings. The molecular formula is C56H61N3O7Si. The number of rotatable bonds is 12. The highest BCUT2D eigenvalue weighted by atomic mass is 28.3. The van der Waals surface area contributed by atoms with Gasteiger partial charge in [-0.05, 0) is 111 Å². The monoisotopic (exact) mass is 915 g/mol. The van der Waals surface area contributed by atoms with Gasteiger partial charge in [0.1, 0.15) is 11.5 Å². The fourth-order valence-electron chi connectivity index (χ4n) is 11.2. The summed E-state index contributed by atoms with van der Waals surface area (Å²) >= 11 is 0. The van der Waals surface area contributed by atoms with E-state index < -0.39 is 25.7 Å². The first-order chi connectivity index (χ1) is 32.3. The molecule has 5 aromatic carbocycles. The highest BCUT2D eigenvalue weighted by molar-refractivity contribution is 6.91. The summed E-state index contributed by atoms with van der Waals surface area (Å²) in [6.45, 7) is 13.6. The van der Waals surface area contributed by atoms with Crippen molar-refractivity contribution in [2.75, 3.05) is 30.1 Å². The van der Waals surface area contributed by atoms with Gasteiger partial charge in [-0.15, -0.1) is 0 Å². The fraction of sp³-hybridized carbons (Fsp3) is 0.339. The number of hydrogen-bond donors (Lipinski definition) is 1. The molecule has 5 atom stereocenters. The molecule has 5 aromatic rings. The predicted octanol–water partition coefficient (Wildman–Crippen LogP) is 10.4. The third kappa shape index (κ3) is 8.21. The van der Waals surface area contributed by atoms with Gasteiger partial charge in [-0.3, -0.25) is 19.3 Å². The lowest BCUT2D eigenvalue weighted by Gasteiger charge is -2.39. The molecule has 346 valence electrons. The highest BCUT2D eigenvalue weighted by Crippen LogP contribution is 2.61. The highest BCUT2D eigenvalue weighted by Gasteiger charge is 2.66. The second-order valence-electron chi connectivity index (χ2n) is 19.4. The van der Waals surface area contributed by atoms with Crippen LogP contribution in [0.15, 0.2) is 139 Å². The number of benzene rings is 5. The van der Waals surface area contributed by atoms with Crippen LogP contribution in [-0.4, -0.2) is 68.2 Å². The Balaban J connectivity index is 1.18. The molecule has 9 rings (SSSR count). The van der Waals surface area contributed by atoms with Crippen LogP contribution in [0.25, 0.3) is 0 Å². The van der Waals surface area contributed by atoms with Crippen LogP contribution in [0.1, 0.15) is 74.0 Å². The maximum Gasteiger partial charge on any atom is 0.266 e. The standard InChI is InChI=1S/C56H61N3O7Si/c1-36(2)15-14-16-37(3)29-30-57-47-28-23-41(59-48-20-11-13-22-50(48)65-49-21-12-10-19-45(49)54(59)62)32-46(47)56(55(57)63)38(4)53(67(6,7)44-26-24-43(64-5)25-27-44)51(66-56)33-52(61)58-34-40-18-9-8-17-39(40)31-42(58)35-60/h8-13,15,17-29,32,38,42,51,53,60H,14,16,30-31,33-35H2,1-7H3/b37-29+/t38-,42-,51+,53-,56+/m0/s1. The Morgan fingerprint density at radius 2 is 1.57 bits per heavy atom. The number of ether oxygens (including phenoxy) is 3. The van der Waals surface area contributed by atoms with Crippen molar-refractivity contribution >= 4 is 48.0 Å². The molecule has 0 unspecified atom stereocenters. The molecule has 1 saturated heterocycles. The zero-order valence-corrected chi connectivity index (χ0v) is 40.6. The SMILES string of the molecule is COc1ccc([Si](C)(C)[C@@H]2[C@@H](CC(=O)N3Cc4ccccc4C[C@H]3CO)O[C@]3(C(=O)N(C/C=C(\C)CCC=C(C)C)c4ccc(N5C(=O)c6ccccc6Oc6ccccc65)cc43)[C@H]2C)cc1. The van der Waals surface area contributed by atoms with Gasteiger partial charge < -0.3 is 29.1 Å². The van der Waals surface area contributed by atoms with Crippen molar-refractivity contribution in [1.29, 1.82) is 0 Å². The average Bonchev–Trinajstić information content (AvgIpc) is 3.70. The van der Waals surface area contributed by atoms with Crippen molar-refractivity contribution in [2.24, 2.45) is 5.92 Å². The van der Waals surface area contributed by atoms with Gasteiger partial charge in [-0.25, -0.2) is 0 Å². The third-order valence-corrected chi connectivity index (χ3v) is 19.1. The van der Waals surface area contributed by atoms with Crippen LogP contribution in [0.4, 0.5) is 17.1 Å². The number of carbonyl (C=O) groups excluding carboxylic acids is 3. The molecule has 10 nitrogen and oxygen atoms in total. The van der Waals surface area contributed by atoms with E-state index in [1.54, 1.807) is 29.0 Å². The third-order valence-electron chi connectivity index (χ3n) is 14.7. The van der Waals surface area contributed by atoms with E-state index in [4.69, 9.17) is 14.2 Å². The van der Waals surface area contributed by atoms with Gasteiger partial charge in [0.15, 0.2) is 11.4 Å². The van der Waals surface area contributed by atoms with E-state index in [9.17, 15) is 14.7 Å². The molecule has 11 heteroatoms. The number of aliphatic hydroxyl groups excluding tert-OH is 1. The first-order valence-electron chi connectivity index (χ1n) is 23.5. The first-order valence-corrected chi connectivity index (χ1v) is 26.6. The van der Waals surface area contributed by atoms with E-state index in [1.165, 1.54) is 11.1 Å². The lowest BCUT2D eigenvalue weighted by atomic mass is 9.82. The van der Waals surface area contributed by atoms with Crippen molar-refractivity contribution in [3.8, 4) is 17.2 Å². The molecular weight excluding hydrogens is 855 g/mol. The average molecular weight is 916 g/mol. The summed E-state index contributed by atoms with van der Waals surface area (Å²) < 4.78 is 19.5. The molecule has 1 spiro atoms. The maximum atomic E-state index is 15.9. The number of fused-ring (bicyclic) bond motifs is 5. The Morgan fingerprint density at radius 1 is 0.866 bits per heavy atom. The molecule has 4 aliphatic heterocycles. The molecule has 0 radical (unpaired) electrons. The number of para-hydroxylation sites is 3. The molecule has 0 aromatic heterocycles. The smallest absolute Gasteiger partial charge is 0.266 e. The number of allylic oxidation sites excluding steroid dienone is 3. The van der Waals surface area contributed by atoms with Crippen molar-refractivity contribution in [1.82, 2.24) is 4.90 Å². The maximum absolute atomic E-state index is 15.9. The van der Waals surface area contributed by atoms with Crippen molar-refractivity contribution in [3.05, 3.63) is 161 Å². The molecule has 3 amide bonds. The Morgan fingerprint density at radius 3 is 2.30 bits per heavy atom. The van der Waals surface area contributed by atoms with Crippen LogP contribution >= 0.6 is 0 Å². The summed E-state index contributed by atoms with van der Waals surface area (Å²) in [4.78, 5) is 51.0. The molecule has 1 N–H and O–H groups in total. The van der Waals surface area contributed by atoms with E-state index in [-0.39, 0.29) is 42.3 Å². The largest absolute Gasteiger partial charge is 0.497 e. The molecule has 0 saturated carbocycles. The minimum Gasteiger partial charge on any atom is -0.497 e. The zero-order valence-electron chi connectivity index (χ0n) is 39.6. The topological polar surface area (TPSA) is 109 Å². The van der Waals surface area contributed by atoms with Gasteiger partial charge in [-0.1, -0.05) is 109 Å². The van der Waals surface area contributed by atoms with Gasteiger partial charge in [0.25, 0.3) is 11.8 Å². The van der Waals surface area contributed by atoms with Gasteiger partial charge in [0.2, 0.25) is 5.91 Å². The van der Waals surface area contributed by atoms with Crippen LogP contribution in [0, 0.1) is 5.92 Å². The Kier molecular flexibility index (Phi) is 12.6. The Labute approximate surface area is 395 Å². The fourth-order valence-corrected chi connectivity index (χ4v) is 15.2. The van der Waals surface area contributed by atoms with Gasteiger partial charge in [-0.2, -0.15) is 0 Å². The zero-order chi connectivity index (χ0) is 47.2. The molecule has 0 aliphatic carbocycles. The van der Waals surface area contributed by atoms with Gasteiger partial charge in [0.05, 0.1) is 57.3 Å². The summed E-state index contributed by atoms with van der Waals surface area (Å²) in [5.41, 5.74) is 5.84. The molecule has 67 heavy (non-hydrogen) atoms. The van der Waals surface area contributed by atoms with Crippen LogP contribution in [0.5, 0.6) is 17.2 Å². The van der Waals surface area contributed by atoms with E-state index in [1.807, 2.05) is 89.8 Å². The van der Waals surface area contributed by atoms with E-state index >= 15 is 4.79 Å². The summed E-state index contributed by atoms with van der Waals surface area (Å²) in [5.74, 6) is 0.762. The van der Waals surface area contributed by atoms with Crippen LogP contribution in [0.2, 0.25) is 18.6 Å². The normalized spacial score (nSPS) is 22.1. The number of amides is 3. The predicted molar refractivity (Wildman–Crippen MR) is 266 cm³/mol. The quantitative estimate of drug-likeness (QED) is 0.0981. The van der Waals surface area contributed by atoms with Crippen LogP contribution < -0.4 is 24.5 Å². The molecule has 4 aliphatic rings. The summed E-state index contributed by atoms with van der Waals surface area (Å²) in [7, 11) is -1.00. The summed E-state index contributed by atoms with van der Waals surface area (Å²) in [5, 5.41) is 11.8. The van der Waals surface area contributed by atoms with Gasteiger partial charge in [0, 0.05) is 30.3 Å². The number of hydrogen-bond acceptors (Lipinski definition) is 7. The summed E-state index contributed by atoms with van der Waals surface area (Å²) in [6, 6.07) is 36.4. The van der Waals surface area contributed by atoms with Crippen molar-refractivity contribution < 1.29 is 33.7 Å². The van der Waals surface area contributed by atoms with Crippen molar-refractivity contribution in [3.63, 3.8) is 0 Å². The molecule has 0 bridgehead atoms. The lowest BCUT2D eigenvalue weighted by molar-refractivity contribution is -0.150. The van der Waals surface area contributed by atoms with Crippen molar-refractivity contribution in [2.45, 2.75) is 96.3 Å². The Hall–Kier alpha value is -6.27. The minimum atomic E-state index is -2.66. The summed E-state index contributed by atoms with van der Waals surface area (Å²) in [6.07, 6.45) is 6.05. The Bertz CT molecular complexity index is 2780.